The van der Waals surface area contributed by atoms with Crippen molar-refractivity contribution in [2.45, 2.75) is 13.0 Å². The summed E-state index contributed by atoms with van der Waals surface area (Å²) in [5.41, 5.74) is 1.12. The molecule has 2 aromatic carbocycles. The summed E-state index contributed by atoms with van der Waals surface area (Å²) < 4.78 is 24.3. The fourth-order valence-electron chi connectivity index (χ4n) is 2.94. The van der Waals surface area contributed by atoms with E-state index in [2.05, 4.69) is 10.1 Å². The van der Waals surface area contributed by atoms with Gasteiger partial charge in [-0.2, -0.15) is 4.98 Å². The smallest absolute Gasteiger partial charge is 0.254 e. The monoisotopic (exact) mass is 391 g/mol. The summed E-state index contributed by atoms with van der Waals surface area (Å²) in [6.07, 6.45) is 1.91. The van der Waals surface area contributed by atoms with Crippen LogP contribution in [0.1, 0.15) is 22.0 Å². The number of benzene rings is 2. The Bertz CT molecular complexity index is 1080. The molecule has 0 N–H and O–H groups in total. The third-order valence-corrected chi connectivity index (χ3v) is 4.38. The van der Waals surface area contributed by atoms with E-state index in [1.54, 1.807) is 29.4 Å². The van der Waals surface area contributed by atoms with Gasteiger partial charge in [0.1, 0.15) is 11.6 Å². The summed E-state index contributed by atoms with van der Waals surface area (Å²) in [5.74, 6) is 0.780. The van der Waals surface area contributed by atoms with E-state index in [4.69, 9.17) is 8.94 Å². The molecule has 146 valence electrons. The Kier molecular flexibility index (Phi) is 5.47. The number of hydrogen-bond donors (Lipinski definition) is 0. The maximum atomic E-state index is 13.6. The normalized spacial score (nSPS) is 10.8. The number of rotatable bonds is 7. The van der Waals surface area contributed by atoms with Crippen LogP contribution in [0.5, 0.6) is 0 Å². The van der Waals surface area contributed by atoms with Crippen molar-refractivity contribution in [3.63, 3.8) is 0 Å². The van der Waals surface area contributed by atoms with Crippen LogP contribution in [0, 0.1) is 5.82 Å². The van der Waals surface area contributed by atoms with Crippen LogP contribution in [0.4, 0.5) is 4.39 Å². The summed E-state index contributed by atoms with van der Waals surface area (Å²) in [6, 6.07) is 18.7. The molecule has 0 saturated heterocycles. The van der Waals surface area contributed by atoms with E-state index in [1.165, 1.54) is 18.2 Å². The van der Waals surface area contributed by atoms with E-state index in [-0.39, 0.29) is 18.0 Å². The third kappa shape index (κ3) is 4.57. The van der Waals surface area contributed by atoms with Crippen molar-refractivity contribution in [1.29, 1.82) is 0 Å². The number of furan rings is 1. The van der Waals surface area contributed by atoms with Crippen molar-refractivity contribution in [2.75, 3.05) is 6.54 Å². The Morgan fingerprint density at radius 2 is 1.90 bits per heavy atom. The molecule has 0 fully saturated rings. The van der Waals surface area contributed by atoms with E-state index in [9.17, 15) is 9.18 Å². The first-order valence-corrected chi connectivity index (χ1v) is 9.14. The highest BCUT2D eigenvalue weighted by Gasteiger charge is 2.19. The Morgan fingerprint density at radius 3 is 2.66 bits per heavy atom. The standard InChI is InChI=1S/C22H18FN3O3/c23-18-9-4-8-17(14-18)22(27)26(15-19-10-5-13-28-19)12-11-20-24-21(25-29-20)16-6-2-1-3-7-16/h1-10,13-14H,11-12,15H2. The maximum Gasteiger partial charge on any atom is 0.254 e. The SMILES string of the molecule is O=C(c1cccc(F)c1)N(CCc1nc(-c2ccccc2)no1)Cc1ccco1. The minimum absolute atomic E-state index is 0.252. The van der Waals surface area contributed by atoms with Crippen molar-refractivity contribution >= 4 is 5.91 Å². The molecular formula is C22H18FN3O3. The Morgan fingerprint density at radius 1 is 1.03 bits per heavy atom. The van der Waals surface area contributed by atoms with Crippen LogP contribution in [0.3, 0.4) is 0 Å². The lowest BCUT2D eigenvalue weighted by Gasteiger charge is -2.21. The second-order valence-electron chi connectivity index (χ2n) is 6.44. The predicted molar refractivity (Wildman–Crippen MR) is 103 cm³/mol. The van der Waals surface area contributed by atoms with Gasteiger partial charge in [0, 0.05) is 24.1 Å². The van der Waals surface area contributed by atoms with Crippen LogP contribution >= 0.6 is 0 Å². The molecule has 1 amide bonds. The highest BCUT2D eigenvalue weighted by atomic mass is 19.1. The number of amides is 1. The van der Waals surface area contributed by atoms with E-state index < -0.39 is 5.82 Å². The minimum atomic E-state index is -0.460. The van der Waals surface area contributed by atoms with E-state index in [1.807, 2.05) is 30.3 Å². The van der Waals surface area contributed by atoms with Gasteiger partial charge in [0.15, 0.2) is 0 Å². The molecule has 0 spiro atoms. The first-order chi connectivity index (χ1) is 14.2. The van der Waals surface area contributed by atoms with E-state index in [0.717, 1.165) is 5.56 Å². The first kappa shape index (κ1) is 18.6. The highest BCUT2D eigenvalue weighted by Crippen LogP contribution is 2.16. The van der Waals surface area contributed by atoms with E-state index >= 15 is 0 Å². The first-order valence-electron chi connectivity index (χ1n) is 9.14. The second-order valence-corrected chi connectivity index (χ2v) is 6.44. The molecule has 6 nitrogen and oxygen atoms in total. The molecule has 4 rings (SSSR count). The largest absolute Gasteiger partial charge is 0.467 e. The van der Waals surface area contributed by atoms with Crippen LogP contribution in [-0.4, -0.2) is 27.5 Å². The fourth-order valence-corrected chi connectivity index (χ4v) is 2.94. The van der Waals surface area contributed by atoms with Crippen LogP contribution in [0.25, 0.3) is 11.4 Å². The maximum absolute atomic E-state index is 13.6. The summed E-state index contributed by atoms with van der Waals surface area (Å²) in [6.45, 7) is 0.564. The van der Waals surface area contributed by atoms with Crippen LogP contribution in [-0.2, 0) is 13.0 Å². The molecular weight excluding hydrogens is 373 g/mol. The highest BCUT2D eigenvalue weighted by molar-refractivity contribution is 5.94. The number of halogens is 1. The molecule has 0 saturated carbocycles. The lowest BCUT2D eigenvalue weighted by molar-refractivity contribution is 0.0729. The van der Waals surface area contributed by atoms with Crippen molar-refractivity contribution in [2.24, 2.45) is 0 Å². The Labute approximate surface area is 166 Å². The number of carbonyl (C=O) groups excluding carboxylic acids is 1. The van der Waals surface area contributed by atoms with Crippen molar-refractivity contribution in [1.82, 2.24) is 15.0 Å². The van der Waals surface area contributed by atoms with Crippen molar-refractivity contribution in [3.05, 3.63) is 96.0 Å². The molecule has 0 aliphatic carbocycles. The van der Waals surface area contributed by atoms with Crippen LogP contribution in [0.15, 0.2) is 81.9 Å². The van der Waals surface area contributed by atoms with Gasteiger partial charge >= 0.3 is 0 Å². The predicted octanol–water partition coefficient (Wildman–Crippen LogP) is 4.35. The zero-order valence-electron chi connectivity index (χ0n) is 15.5. The summed E-state index contributed by atoms with van der Waals surface area (Å²) in [5, 5.41) is 4.00. The second kappa shape index (κ2) is 8.52. The van der Waals surface area contributed by atoms with Crippen molar-refractivity contribution in [3.8, 4) is 11.4 Å². The number of hydrogen-bond acceptors (Lipinski definition) is 5. The van der Waals surface area contributed by atoms with Gasteiger partial charge in [-0.1, -0.05) is 41.6 Å². The molecule has 0 unspecified atom stereocenters. The van der Waals surface area contributed by atoms with Crippen molar-refractivity contribution < 1.29 is 18.1 Å². The Hall–Kier alpha value is -3.74. The number of carbonyl (C=O) groups is 1. The molecule has 29 heavy (non-hydrogen) atoms. The molecule has 0 bridgehead atoms. The molecule has 7 heteroatoms. The van der Waals surface area contributed by atoms with Gasteiger partial charge in [-0.15, -0.1) is 0 Å². The average molecular weight is 391 g/mol. The molecule has 0 aliphatic heterocycles. The van der Waals surface area contributed by atoms with Gasteiger partial charge in [-0.3, -0.25) is 4.79 Å². The zero-order chi connectivity index (χ0) is 20.1. The van der Waals surface area contributed by atoms with Gasteiger partial charge in [-0.05, 0) is 30.3 Å². The lowest BCUT2D eigenvalue weighted by Crippen LogP contribution is -2.32. The number of nitrogens with zero attached hydrogens (tertiary/aromatic N) is 3. The average Bonchev–Trinajstić information content (AvgIpc) is 3.43. The van der Waals surface area contributed by atoms with Crippen LogP contribution in [0.2, 0.25) is 0 Å². The van der Waals surface area contributed by atoms with E-state index in [0.29, 0.717) is 30.4 Å². The minimum Gasteiger partial charge on any atom is -0.467 e. The summed E-state index contributed by atoms with van der Waals surface area (Å²) >= 11 is 0. The summed E-state index contributed by atoms with van der Waals surface area (Å²) in [7, 11) is 0. The zero-order valence-corrected chi connectivity index (χ0v) is 15.5. The topological polar surface area (TPSA) is 72.4 Å². The quantitative estimate of drug-likeness (QED) is 0.468. The lowest BCUT2D eigenvalue weighted by atomic mass is 10.2. The van der Waals surface area contributed by atoms with Crippen LogP contribution < -0.4 is 0 Å². The van der Waals surface area contributed by atoms with Gasteiger partial charge in [0.25, 0.3) is 5.91 Å². The molecule has 4 aromatic rings. The number of aromatic nitrogens is 2. The molecule has 2 aromatic heterocycles. The van der Waals surface area contributed by atoms with Gasteiger partial charge in [-0.25, -0.2) is 4.39 Å². The van der Waals surface area contributed by atoms with Gasteiger partial charge in [0.2, 0.25) is 11.7 Å². The molecule has 0 atom stereocenters. The molecule has 0 radical (unpaired) electrons. The van der Waals surface area contributed by atoms with Gasteiger partial charge in [0.05, 0.1) is 12.8 Å². The van der Waals surface area contributed by atoms with Gasteiger partial charge < -0.3 is 13.8 Å². The Balaban J connectivity index is 1.50. The third-order valence-electron chi connectivity index (χ3n) is 4.38. The summed E-state index contributed by atoms with van der Waals surface area (Å²) in [4.78, 5) is 18.9. The molecule has 2 heterocycles. The molecule has 0 aliphatic rings. The fraction of sp³-hybridized carbons (Fsp3) is 0.136.